The lowest BCUT2D eigenvalue weighted by molar-refractivity contribution is -0.126. The van der Waals surface area contributed by atoms with Gasteiger partial charge in [-0.25, -0.2) is 0 Å². The molecule has 0 saturated carbocycles. The first-order valence-corrected chi connectivity index (χ1v) is 6.69. The van der Waals surface area contributed by atoms with Crippen LogP contribution in [0.25, 0.3) is 0 Å². The van der Waals surface area contributed by atoms with Crippen LogP contribution in [0.3, 0.4) is 0 Å². The highest BCUT2D eigenvalue weighted by molar-refractivity contribution is 5.81. The molecular weight excluding hydrogens is 230 g/mol. The van der Waals surface area contributed by atoms with Crippen LogP contribution in [0.15, 0.2) is 0 Å². The Labute approximate surface area is 113 Å². The normalized spacial score (nSPS) is 10.9. The zero-order valence-electron chi connectivity index (χ0n) is 13.7. The number of nitrogens with one attached hydrogen (secondary N) is 1. The zero-order chi connectivity index (χ0) is 15.6. The number of rotatable bonds is 5. The lowest BCUT2D eigenvalue weighted by atomic mass is 9.96. The Kier molecular flexibility index (Phi) is 36.0. The topological polar surface area (TPSA) is 55.4 Å². The molecule has 0 heterocycles. The average molecular weight is 263 g/mol. The molecule has 0 aliphatic carbocycles. The molecule has 0 aliphatic rings. The van der Waals surface area contributed by atoms with Gasteiger partial charge >= 0.3 is 0 Å². The molecule has 0 bridgehead atoms. The lowest BCUT2D eigenvalue weighted by Gasteiger charge is -2.18. The Morgan fingerprint density at radius 2 is 1.61 bits per heavy atom. The fraction of sp³-hybridized carbons (Fsp3) is 0.857. The lowest BCUT2D eigenvalue weighted by Crippen LogP contribution is -2.37. The summed E-state index contributed by atoms with van der Waals surface area (Å²) in [6, 6.07) is 0.0463. The second-order valence-electron chi connectivity index (χ2n) is 3.09. The molecule has 0 rings (SSSR count). The third-order valence-electron chi connectivity index (χ3n) is 2.06. The van der Waals surface area contributed by atoms with Gasteiger partial charge in [-0.2, -0.15) is 0 Å². The quantitative estimate of drug-likeness (QED) is 0.775. The fourth-order valence-corrected chi connectivity index (χ4v) is 1.12. The Bertz CT molecular complexity index is 161. The van der Waals surface area contributed by atoms with Crippen molar-refractivity contribution in [3.63, 3.8) is 0 Å². The monoisotopic (exact) mass is 263 g/mol. The molecule has 2 atom stereocenters. The van der Waals surface area contributed by atoms with E-state index in [1.54, 1.807) is 6.92 Å². The summed E-state index contributed by atoms with van der Waals surface area (Å²) in [4.78, 5) is 19.9. The third-order valence-corrected chi connectivity index (χ3v) is 2.06. The summed E-state index contributed by atoms with van der Waals surface area (Å²) in [5, 5.41) is 3.00. The average Bonchev–Trinajstić information content (AvgIpc) is 2.43. The van der Waals surface area contributed by atoms with Crippen LogP contribution in [0, 0.1) is 5.92 Å². The smallest absolute Gasteiger partial charge is 0.292 e. The first kappa shape index (κ1) is 25.8. The highest BCUT2D eigenvalue weighted by Gasteiger charge is 2.17. The molecule has 4 heteroatoms. The van der Waals surface area contributed by atoms with E-state index >= 15 is 0 Å². The van der Waals surface area contributed by atoms with Crippen molar-refractivity contribution in [3.8, 4) is 0 Å². The van der Waals surface area contributed by atoms with E-state index in [0.717, 1.165) is 6.42 Å². The van der Waals surface area contributed by atoms with Gasteiger partial charge in [0.05, 0.1) is 13.2 Å². The number of carbonyl (C=O) groups excluding carboxylic acids is 2. The minimum Gasteiger partial charge on any atom is -0.471 e. The van der Waals surface area contributed by atoms with Gasteiger partial charge in [0, 0.05) is 0 Å². The summed E-state index contributed by atoms with van der Waals surface area (Å²) in [5.74, 6) is 0.680. The number of carbonyl (C=O) groups is 2. The van der Waals surface area contributed by atoms with E-state index in [0.29, 0.717) is 12.4 Å². The first-order chi connectivity index (χ1) is 8.54. The van der Waals surface area contributed by atoms with Gasteiger partial charge in [0.2, 0.25) is 0 Å². The molecule has 0 amide bonds. The van der Waals surface area contributed by atoms with Gasteiger partial charge < -0.3 is 10.1 Å². The molecule has 0 radical (unpaired) electrons. The molecule has 0 fully saturated rings. The minimum atomic E-state index is 0.0463. The number of ketones is 1. The summed E-state index contributed by atoms with van der Waals surface area (Å²) in [6.45, 7) is 14.2. The Morgan fingerprint density at radius 3 is 1.67 bits per heavy atom. The van der Waals surface area contributed by atoms with Crippen molar-refractivity contribution in [2.75, 3.05) is 14.2 Å². The van der Waals surface area contributed by atoms with Gasteiger partial charge in [0.15, 0.2) is 0 Å². The molecule has 18 heavy (non-hydrogen) atoms. The molecule has 0 aromatic carbocycles. The van der Waals surface area contributed by atoms with Crippen LogP contribution in [0.4, 0.5) is 0 Å². The maximum absolute atomic E-state index is 10.9. The second-order valence-corrected chi connectivity index (χ2v) is 3.09. The Morgan fingerprint density at radius 1 is 1.28 bits per heavy atom. The van der Waals surface area contributed by atoms with Crippen LogP contribution < -0.4 is 5.32 Å². The van der Waals surface area contributed by atoms with Crippen LogP contribution in [0.2, 0.25) is 0 Å². The number of ether oxygens (including phenoxy) is 1. The second kappa shape index (κ2) is 25.1. The molecule has 0 aromatic rings. The predicted octanol–water partition coefficient (Wildman–Crippen LogP) is 3.05. The highest BCUT2D eigenvalue weighted by atomic mass is 16.5. The summed E-state index contributed by atoms with van der Waals surface area (Å²) in [7, 11) is 3.14. The van der Waals surface area contributed by atoms with Crippen molar-refractivity contribution in [3.05, 3.63) is 0 Å². The maximum atomic E-state index is 10.9. The number of hydrogen-bond acceptors (Lipinski definition) is 4. The van der Waals surface area contributed by atoms with Gasteiger partial charge in [-0.05, 0) is 19.9 Å². The molecular formula is C14H33NO3. The van der Waals surface area contributed by atoms with E-state index in [-0.39, 0.29) is 11.8 Å². The molecule has 0 saturated heterocycles. The summed E-state index contributed by atoms with van der Waals surface area (Å²) in [6.07, 6.45) is 1.05. The fourth-order valence-electron chi connectivity index (χ4n) is 1.12. The highest BCUT2D eigenvalue weighted by Crippen LogP contribution is 2.07. The van der Waals surface area contributed by atoms with E-state index in [1.165, 1.54) is 7.11 Å². The van der Waals surface area contributed by atoms with Gasteiger partial charge in [0.25, 0.3) is 6.47 Å². The molecule has 4 nitrogen and oxygen atoms in total. The van der Waals surface area contributed by atoms with Gasteiger partial charge in [0.1, 0.15) is 5.78 Å². The maximum Gasteiger partial charge on any atom is 0.292 e. The van der Waals surface area contributed by atoms with Crippen molar-refractivity contribution >= 4 is 12.3 Å². The van der Waals surface area contributed by atoms with E-state index in [9.17, 15) is 4.79 Å². The molecule has 2 unspecified atom stereocenters. The van der Waals surface area contributed by atoms with Crippen LogP contribution in [-0.4, -0.2) is 32.5 Å². The van der Waals surface area contributed by atoms with Crippen molar-refractivity contribution in [1.82, 2.24) is 5.32 Å². The van der Waals surface area contributed by atoms with Crippen molar-refractivity contribution < 1.29 is 14.3 Å². The van der Waals surface area contributed by atoms with E-state index in [4.69, 9.17) is 4.79 Å². The largest absolute Gasteiger partial charge is 0.471 e. The number of hydrogen-bond donors (Lipinski definition) is 1. The van der Waals surface area contributed by atoms with Crippen LogP contribution in [0.1, 0.15) is 54.9 Å². The Hall–Kier alpha value is -0.900. The summed E-state index contributed by atoms with van der Waals surface area (Å²) >= 11 is 0. The van der Waals surface area contributed by atoms with Crippen LogP contribution in [0.5, 0.6) is 0 Å². The molecule has 0 aliphatic heterocycles. The third kappa shape index (κ3) is 20.5. The summed E-state index contributed by atoms with van der Waals surface area (Å²) in [5.41, 5.74) is 0. The van der Waals surface area contributed by atoms with Gasteiger partial charge in [-0.15, -0.1) is 0 Å². The van der Waals surface area contributed by atoms with Crippen molar-refractivity contribution in [2.24, 2.45) is 5.92 Å². The van der Waals surface area contributed by atoms with Crippen LogP contribution >= 0.6 is 0 Å². The number of methoxy groups -OCH3 is 1. The minimum absolute atomic E-state index is 0.0463. The molecule has 1 N–H and O–H groups in total. The number of Topliss-reactive ketones (excluding diaryl/α,β-unsaturated/α-hetero) is 1. The van der Waals surface area contributed by atoms with Gasteiger partial charge in [-0.3, -0.25) is 9.59 Å². The molecule has 112 valence electrons. The predicted molar refractivity (Wildman–Crippen MR) is 78.8 cm³/mol. The zero-order valence-corrected chi connectivity index (χ0v) is 13.7. The van der Waals surface area contributed by atoms with E-state index in [2.05, 4.69) is 23.9 Å². The van der Waals surface area contributed by atoms with Crippen molar-refractivity contribution in [1.29, 1.82) is 0 Å². The standard InChI is InChI=1S/C8H17NO.C2H4O2.2C2H6/c1-5-6(2)8(9-4)7(3)10;1-4-2-3;2*1-2/h6,8-9H,5H2,1-4H3;2H,1H3;2*1-2H3. The van der Waals surface area contributed by atoms with Crippen molar-refractivity contribution in [2.45, 2.75) is 60.9 Å². The Balaban J connectivity index is -0.000000102. The van der Waals surface area contributed by atoms with E-state index in [1.807, 2.05) is 34.7 Å². The molecule has 0 spiro atoms. The van der Waals surface area contributed by atoms with E-state index < -0.39 is 0 Å². The summed E-state index contributed by atoms with van der Waals surface area (Å²) < 4.78 is 3.86. The molecule has 0 aromatic heterocycles. The first-order valence-electron chi connectivity index (χ1n) is 6.69. The van der Waals surface area contributed by atoms with Crippen LogP contribution in [-0.2, 0) is 14.3 Å². The number of likely N-dealkylation sites (N-methyl/N-ethyl adjacent to an activating group) is 1. The SMILES string of the molecule is CC.CC.CCC(C)C(NC)C(C)=O.COC=O. The van der Waals surface area contributed by atoms with Gasteiger partial charge in [-0.1, -0.05) is 48.0 Å².